The fourth-order valence-corrected chi connectivity index (χ4v) is 3.98. The summed E-state index contributed by atoms with van der Waals surface area (Å²) in [4.78, 5) is 13.2. The van der Waals surface area contributed by atoms with Gasteiger partial charge in [0.15, 0.2) is 0 Å². The second-order valence-electron chi connectivity index (χ2n) is 5.91. The maximum absolute atomic E-state index is 12.9. The molecule has 8 nitrogen and oxygen atoms in total. The fraction of sp³-hybridized carbons (Fsp3) is 0.176. The third kappa shape index (κ3) is 2.97. The first-order chi connectivity index (χ1) is 12.2. The molecule has 1 aromatic heterocycles. The number of rotatable bonds is 5. The summed E-state index contributed by atoms with van der Waals surface area (Å²) in [6, 6.07) is 10.2. The molecule has 3 rings (SSSR count). The number of aromatic nitrogens is 1. The molecule has 0 unspecified atom stereocenters. The van der Waals surface area contributed by atoms with Crippen LogP contribution in [0.15, 0.2) is 45.8 Å². The summed E-state index contributed by atoms with van der Waals surface area (Å²) < 4.78 is 32.8. The molecule has 2 aromatic carbocycles. The van der Waals surface area contributed by atoms with Gasteiger partial charge in [-0.15, -0.1) is 0 Å². The van der Waals surface area contributed by atoms with Gasteiger partial charge in [0, 0.05) is 30.6 Å². The first kappa shape index (κ1) is 17.7. The molecule has 0 aliphatic rings. The van der Waals surface area contributed by atoms with E-state index in [4.69, 9.17) is 4.52 Å². The van der Waals surface area contributed by atoms with E-state index >= 15 is 0 Å². The van der Waals surface area contributed by atoms with Crippen molar-refractivity contribution in [1.82, 2.24) is 5.16 Å². The summed E-state index contributed by atoms with van der Waals surface area (Å²) in [5.74, 6) is -1.75. The quantitative estimate of drug-likeness (QED) is 0.705. The Balaban J connectivity index is 2.14. The molecule has 0 radical (unpaired) electrons. The van der Waals surface area contributed by atoms with Gasteiger partial charge in [0.05, 0.1) is 10.6 Å². The maximum atomic E-state index is 12.9. The van der Waals surface area contributed by atoms with Gasteiger partial charge in [-0.05, 0) is 19.1 Å². The topological polar surface area (TPSA) is 113 Å². The van der Waals surface area contributed by atoms with Crippen LogP contribution in [0.3, 0.4) is 0 Å². The van der Waals surface area contributed by atoms with Crippen LogP contribution in [0.2, 0.25) is 0 Å². The molecule has 0 amide bonds. The number of sulfonamides is 1. The zero-order chi connectivity index (χ0) is 19.1. The number of carboxylic acids is 1. The molecule has 2 N–H and O–H groups in total. The number of fused-ring (bicyclic) bond motifs is 1. The summed E-state index contributed by atoms with van der Waals surface area (Å²) in [5, 5.41) is 14.0. The van der Waals surface area contributed by atoms with Crippen molar-refractivity contribution in [3.05, 3.63) is 47.7 Å². The maximum Gasteiger partial charge on any atom is 0.343 e. The summed E-state index contributed by atoms with van der Waals surface area (Å²) in [5.41, 5.74) is 0.632. The lowest BCUT2D eigenvalue weighted by Gasteiger charge is -2.17. The molecule has 1 heterocycles. The molecule has 3 aromatic rings. The fourth-order valence-electron chi connectivity index (χ4n) is 2.76. The highest BCUT2D eigenvalue weighted by Crippen LogP contribution is 2.31. The summed E-state index contributed by atoms with van der Waals surface area (Å²) in [7, 11) is -0.359. The van der Waals surface area contributed by atoms with E-state index in [0.717, 1.165) is 11.1 Å². The van der Waals surface area contributed by atoms with Crippen molar-refractivity contribution in [2.75, 3.05) is 23.7 Å². The number of hydrogen-bond acceptors (Lipinski definition) is 6. The molecule has 0 aliphatic heterocycles. The smallest absolute Gasteiger partial charge is 0.343 e. The zero-order valence-corrected chi connectivity index (χ0v) is 15.2. The van der Waals surface area contributed by atoms with Crippen molar-refractivity contribution in [2.24, 2.45) is 0 Å². The Hall–Kier alpha value is -3.07. The number of nitrogens with one attached hydrogen (secondary N) is 1. The summed E-state index contributed by atoms with van der Waals surface area (Å²) in [6.45, 7) is 1.42. The monoisotopic (exact) mass is 375 g/mol. The van der Waals surface area contributed by atoms with Gasteiger partial charge in [0.25, 0.3) is 15.9 Å². The second-order valence-corrected chi connectivity index (χ2v) is 7.56. The molecule has 0 saturated carbocycles. The number of anilines is 2. The van der Waals surface area contributed by atoms with E-state index in [2.05, 4.69) is 9.88 Å². The van der Waals surface area contributed by atoms with Gasteiger partial charge in [-0.3, -0.25) is 0 Å². The van der Waals surface area contributed by atoms with E-state index in [1.54, 1.807) is 18.2 Å². The molecule has 0 bridgehead atoms. The lowest BCUT2D eigenvalue weighted by atomic mass is 10.1. The van der Waals surface area contributed by atoms with Crippen LogP contribution in [0.1, 0.15) is 16.1 Å². The molecule has 9 heteroatoms. The van der Waals surface area contributed by atoms with Gasteiger partial charge in [-0.2, -0.15) is 0 Å². The Morgan fingerprint density at radius 1 is 1.15 bits per heavy atom. The van der Waals surface area contributed by atoms with Gasteiger partial charge < -0.3 is 14.5 Å². The van der Waals surface area contributed by atoms with E-state index in [1.807, 2.05) is 31.1 Å². The van der Waals surface area contributed by atoms with Crippen molar-refractivity contribution in [3.63, 3.8) is 0 Å². The summed E-state index contributed by atoms with van der Waals surface area (Å²) >= 11 is 0. The van der Waals surface area contributed by atoms with Gasteiger partial charge in [0.2, 0.25) is 0 Å². The van der Waals surface area contributed by atoms with Crippen molar-refractivity contribution in [2.45, 2.75) is 11.8 Å². The van der Waals surface area contributed by atoms with Crippen LogP contribution in [0.25, 0.3) is 10.8 Å². The Bertz CT molecular complexity index is 1100. The number of nitrogens with zero attached hydrogens (tertiary/aromatic N) is 2. The van der Waals surface area contributed by atoms with Crippen molar-refractivity contribution >= 4 is 38.3 Å². The molecular weight excluding hydrogens is 358 g/mol. The SMILES string of the molecule is Cc1noc(NS(=O)(=O)c2cccc3c(N(C)C)cccc23)c1C(=O)O. The van der Waals surface area contributed by atoms with Gasteiger partial charge in [-0.25, -0.2) is 17.9 Å². The van der Waals surface area contributed by atoms with Crippen LogP contribution in [0.5, 0.6) is 0 Å². The minimum Gasteiger partial charge on any atom is -0.477 e. The summed E-state index contributed by atoms with van der Waals surface area (Å²) in [6.07, 6.45) is 0. The van der Waals surface area contributed by atoms with Gasteiger partial charge in [-0.1, -0.05) is 29.4 Å². The lowest BCUT2D eigenvalue weighted by Crippen LogP contribution is -2.15. The largest absolute Gasteiger partial charge is 0.477 e. The third-order valence-electron chi connectivity index (χ3n) is 3.93. The molecular formula is C17H17N3O5S. The molecule has 0 aliphatic carbocycles. The third-order valence-corrected chi connectivity index (χ3v) is 5.32. The van der Waals surface area contributed by atoms with Crippen LogP contribution in [-0.4, -0.2) is 38.7 Å². The van der Waals surface area contributed by atoms with Gasteiger partial charge >= 0.3 is 5.97 Å². The minimum atomic E-state index is -4.09. The average molecular weight is 375 g/mol. The predicted molar refractivity (Wildman–Crippen MR) is 97.3 cm³/mol. The van der Waals surface area contributed by atoms with Crippen LogP contribution in [-0.2, 0) is 10.0 Å². The number of carboxylic acid groups (broad SMARTS) is 1. The van der Waals surface area contributed by atoms with E-state index < -0.39 is 21.9 Å². The van der Waals surface area contributed by atoms with E-state index in [0.29, 0.717) is 5.39 Å². The zero-order valence-electron chi connectivity index (χ0n) is 14.3. The number of aromatic carboxylic acids is 1. The Kier molecular flexibility index (Phi) is 4.33. The van der Waals surface area contributed by atoms with E-state index in [-0.39, 0.29) is 16.2 Å². The van der Waals surface area contributed by atoms with Crippen molar-refractivity contribution in [1.29, 1.82) is 0 Å². The van der Waals surface area contributed by atoms with Crippen molar-refractivity contribution in [3.8, 4) is 0 Å². The number of hydrogen-bond donors (Lipinski definition) is 2. The van der Waals surface area contributed by atoms with Crippen molar-refractivity contribution < 1.29 is 22.8 Å². The molecule has 26 heavy (non-hydrogen) atoms. The highest BCUT2D eigenvalue weighted by molar-refractivity contribution is 7.93. The highest BCUT2D eigenvalue weighted by atomic mass is 32.2. The number of carbonyl (C=O) groups is 1. The van der Waals surface area contributed by atoms with Crippen LogP contribution in [0.4, 0.5) is 11.6 Å². The Morgan fingerprint density at radius 2 is 1.81 bits per heavy atom. The van der Waals surface area contributed by atoms with Crippen LogP contribution < -0.4 is 9.62 Å². The molecule has 0 spiro atoms. The van der Waals surface area contributed by atoms with E-state index in [9.17, 15) is 18.3 Å². The predicted octanol–water partition coefficient (Wildman–Crippen LogP) is 2.70. The molecule has 136 valence electrons. The number of aryl methyl sites for hydroxylation is 1. The molecule has 0 saturated heterocycles. The van der Waals surface area contributed by atoms with Crippen LogP contribution in [0, 0.1) is 6.92 Å². The van der Waals surface area contributed by atoms with E-state index in [1.165, 1.54) is 13.0 Å². The lowest BCUT2D eigenvalue weighted by molar-refractivity contribution is 0.0697. The molecule has 0 atom stereocenters. The normalized spacial score (nSPS) is 11.5. The molecule has 0 fully saturated rings. The average Bonchev–Trinajstić information content (AvgIpc) is 2.93. The van der Waals surface area contributed by atoms with Crippen LogP contribution >= 0.6 is 0 Å². The Labute approximate surface area is 150 Å². The highest BCUT2D eigenvalue weighted by Gasteiger charge is 2.26. The second kappa shape index (κ2) is 6.34. The minimum absolute atomic E-state index is 0.0177. The number of benzene rings is 2. The first-order valence-corrected chi connectivity index (χ1v) is 9.12. The van der Waals surface area contributed by atoms with Gasteiger partial charge in [0.1, 0.15) is 5.56 Å². The Morgan fingerprint density at radius 3 is 2.46 bits per heavy atom. The first-order valence-electron chi connectivity index (χ1n) is 7.64. The standard InChI is InChI=1S/C17H17N3O5S/c1-10-15(17(21)22)16(25-18-10)19-26(23,24)14-9-5-6-11-12(14)7-4-8-13(11)20(2)3/h4-9,19H,1-3H3,(H,21,22).